The van der Waals surface area contributed by atoms with Crippen LogP contribution in [0.25, 0.3) is 0 Å². The van der Waals surface area contributed by atoms with Crippen LogP contribution in [0, 0.1) is 9.49 Å². The van der Waals surface area contributed by atoms with E-state index in [9.17, 15) is 4.79 Å². The molecule has 6 heteroatoms. The Bertz CT molecular complexity index is 681. The Balaban J connectivity index is 1.70. The van der Waals surface area contributed by atoms with Gasteiger partial charge in [-0.1, -0.05) is 6.92 Å². The predicted octanol–water partition coefficient (Wildman–Crippen LogP) is 3.57. The molecule has 1 aliphatic rings. The molecule has 0 spiro atoms. The number of aromatic nitrogens is 2. The molecule has 2 heterocycles. The summed E-state index contributed by atoms with van der Waals surface area (Å²) in [6, 6.07) is 9.29. The molecule has 23 heavy (non-hydrogen) atoms. The van der Waals surface area contributed by atoms with Gasteiger partial charge in [-0.05, 0) is 65.6 Å². The highest BCUT2D eigenvalue weighted by Crippen LogP contribution is 2.22. The lowest BCUT2D eigenvalue weighted by atomic mass is 9.99. The summed E-state index contributed by atoms with van der Waals surface area (Å²) in [7, 11) is 0. The number of hydrogen-bond acceptors (Lipinski definition) is 4. The SMILES string of the molecule is CC1CCN(c2cc(NC(=O)c3ccc(I)cc3)ncn2)CC1. The highest BCUT2D eigenvalue weighted by Gasteiger charge is 2.17. The van der Waals surface area contributed by atoms with E-state index in [1.54, 1.807) is 0 Å². The number of anilines is 2. The smallest absolute Gasteiger partial charge is 0.256 e. The molecule has 1 saturated heterocycles. The lowest BCUT2D eigenvalue weighted by Gasteiger charge is -2.31. The Hall–Kier alpha value is -1.70. The Labute approximate surface area is 149 Å². The van der Waals surface area contributed by atoms with Crippen LogP contribution in [-0.2, 0) is 0 Å². The van der Waals surface area contributed by atoms with Crippen molar-refractivity contribution in [3.8, 4) is 0 Å². The Kier molecular flexibility index (Phi) is 5.09. The third kappa shape index (κ3) is 4.19. The average Bonchev–Trinajstić information content (AvgIpc) is 2.56. The molecule has 0 unspecified atom stereocenters. The van der Waals surface area contributed by atoms with Crippen LogP contribution in [0.1, 0.15) is 30.1 Å². The van der Waals surface area contributed by atoms with Crippen LogP contribution in [0.15, 0.2) is 36.7 Å². The van der Waals surface area contributed by atoms with E-state index in [0.717, 1.165) is 28.4 Å². The monoisotopic (exact) mass is 422 g/mol. The van der Waals surface area contributed by atoms with Gasteiger partial charge in [-0.25, -0.2) is 9.97 Å². The van der Waals surface area contributed by atoms with Gasteiger partial charge in [-0.15, -0.1) is 0 Å². The van der Waals surface area contributed by atoms with Gasteiger partial charge in [-0.3, -0.25) is 4.79 Å². The van der Waals surface area contributed by atoms with Gasteiger partial charge in [0.1, 0.15) is 18.0 Å². The Morgan fingerprint density at radius 2 is 1.91 bits per heavy atom. The molecular weight excluding hydrogens is 403 g/mol. The van der Waals surface area contributed by atoms with Gasteiger partial charge in [0.2, 0.25) is 0 Å². The predicted molar refractivity (Wildman–Crippen MR) is 99.8 cm³/mol. The quantitative estimate of drug-likeness (QED) is 0.769. The number of piperidine rings is 1. The third-order valence-corrected chi connectivity index (χ3v) is 4.83. The molecule has 2 aromatic rings. The summed E-state index contributed by atoms with van der Waals surface area (Å²) < 4.78 is 1.10. The van der Waals surface area contributed by atoms with Crippen molar-refractivity contribution in [1.82, 2.24) is 9.97 Å². The number of rotatable bonds is 3. The Morgan fingerprint density at radius 1 is 1.22 bits per heavy atom. The minimum atomic E-state index is -0.154. The van der Waals surface area contributed by atoms with Crippen LogP contribution >= 0.6 is 22.6 Å². The zero-order valence-electron chi connectivity index (χ0n) is 13.0. The second-order valence-electron chi connectivity index (χ2n) is 5.89. The molecular formula is C17H19IN4O. The first-order valence-electron chi connectivity index (χ1n) is 7.76. The maximum absolute atomic E-state index is 12.3. The first-order valence-corrected chi connectivity index (χ1v) is 8.83. The van der Waals surface area contributed by atoms with E-state index in [1.807, 2.05) is 30.3 Å². The summed E-state index contributed by atoms with van der Waals surface area (Å²) in [4.78, 5) is 23.0. The molecule has 0 aliphatic carbocycles. The molecule has 0 atom stereocenters. The standard InChI is InChI=1S/C17H19IN4O/c1-12-6-8-22(9-7-12)16-10-15(19-11-20-16)21-17(23)13-2-4-14(18)5-3-13/h2-5,10-12H,6-9H2,1H3,(H,19,20,21,23). The zero-order valence-corrected chi connectivity index (χ0v) is 15.2. The van der Waals surface area contributed by atoms with E-state index in [-0.39, 0.29) is 5.91 Å². The largest absolute Gasteiger partial charge is 0.356 e. The molecule has 1 fully saturated rings. The van der Waals surface area contributed by atoms with E-state index in [0.29, 0.717) is 11.4 Å². The van der Waals surface area contributed by atoms with Gasteiger partial charge < -0.3 is 10.2 Å². The van der Waals surface area contributed by atoms with Gasteiger partial charge in [0, 0.05) is 28.3 Å². The van der Waals surface area contributed by atoms with Gasteiger partial charge in [0.05, 0.1) is 0 Å². The van der Waals surface area contributed by atoms with Crippen LogP contribution < -0.4 is 10.2 Å². The zero-order chi connectivity index (χ0) is 16.2. The van der Waals surface area contributed by atoms with Crippen molar-refractivity contribution in [3.05, 3.63) is 45.8 Å². The molecule has 0 bridgehead atoms. The number of halogens is 1. The lowest BCUT2D eigenvalue weighted by Crippen LogP contribution is -2.33. The van der Waals surface area contributed by atoms with Gasteiger partial charge in [-0.2, -0.15) is 0 Å². The fourth-order valence-electron chi connectivity index (χ4n) is 2.62. The highest BCUT2D eigenvalue weighted by atomic mass is 127. The van der Waals surface area contributed by atoms with E-state index in [2.05, 4.69) is 49.7 Å². The molecule has 1 N–H and O–H groups in total. The first kappa shape index (κ1) is 16.2. The number of hydrogen-bond donors (Lipinski definition) is 1. The minimum Gasteiger partial charge on any atom is -0.356 e. The second kappa shape index (κ2) is 7.25. The summed E-state index contributed by atoms with van der Waals surface area (Å²) in [5.41, 5.74) is 0.623. The summed E-state index contributed by atoms with van der Waals surface area (Å²) >= 11 is 2.22. The third-order valence-electron chi connectivity index (χ3n) is 4.11. The van der Waals surface area contributed by atoms with Crippen molar-refractivity contribution >= 4 is 40.1 Å². The summed E-state index contributed by atoms with van der Waals surface area (Å²) in [6.07, 6.45) is 3.86. The lowest BCUT2D eigenvalue weighted by molar-refractivity contribution is 0.102. The molecule has 0 saturated carbocycles. The van der Waals surface area contributed by atoms with Gasteiger partial charge >= 0.3 is 0 Å². The van der Waals surface area contributed by atoms with Crippen LogP contribution in [0.3, 0.4) is 0 Å². The van der Waals surface area contributed by atoms with E-state index >= 15 is 0 Å². The fourth-order valence-corrected chi connectivity index (χ4v) is 2.98. The highest BCUT2D eigenvalue weighted by molar-refractivity contribution is 14.1. The van der Waals surface area contributed by atoms with E-state index in [1.165, 1.54) is 19.2 Å². The molecule has 1 amide bonds. The summed E-state index contributed by atoms with van der Waals surface area (Å²) in [5, 5.41) is 2.85. The van der Waals surface area contributed by atoms with Crippen LogP contribution in [0.4, 0.5) is 11.6 Å². The number of carbonyl (C=O) groups excluding carboxylic acids is 1. The topological polar surface area (TPSA) is 58.1 Å². The maximum atomic E-state index is 12.3. The van der Waals surface area contributed by atoms with Crippen molar-refractivity contribution in [3.63, 3.8) is 0 Å². The first-order chi connectivity index (χ1) is 11.1. The number of nitrogens with zero attached hydrogens (tertiary/aromatic N) is 3. The van der Waals surface area contributed by atoms with Crippen LogP contribution in [0.5, 0.6) is 0 Å². The molecule has 1 aliphatic heterocycles. The molecule has 3 rings (SSSR count). The molecule has 1 aromatic carbocycles. The molecule has 120 valence electrons. The number of nitrogens with one attached hydrogen (secondary N) is 1. The molecule has 5 nitrogen and oxygen atoms in total. The maximum Gasteiger partial charge on any atom is 0.256 e. The summed E-state index contributed by atoms with van der Waals surface area (Å²) in [5.74, 6) is 2.04. The fraction of sp³-hybridized carbons (Fsp3) is 0.353. The van der Waals surface area contributed by atoms with Crippen molar-refractivity contribution in [2.24, 2.45) is 5.92 Å². The number of amides is 1. The molecule has 0 radical (unpaired) electrons. The van der Waals surface area contributed by atoms with Gasteiger partial charge in [0.25, 0.3) is 5.91 Å². The normalized spacial score (nSPS) is 15.5. The average molecular weight is 422 g/mol. The van der Waals surface area contributed by atoms with Crippen molar-refractivity contribution in [2.45, 2.75) is 19.8 Å². The minimum absolute atomic E-state index is 0.154. The van der Waals surface area contributed by atoms with E-state index < -0.39 is 0 Å². The van der Waals surface area contributed by atoms with E-state index in [4.69, 9.17) is 0 Å². The van der Waals surface area contributed by atoms with Crippen LogP contribution in [0.2, 0.25) is 0 Å². The van der Waals surface area contributed by atoms with Gasteiger partial charge in [0.15, 0.2) is 0 Å². The second-order valence-corrected chi connectivity index (χ2v) is 7.14. The van der Waals surface area contributed by atoms with Crippen LogP contribution in [-0.4, -0.2) is 29.0 Å². The molecule has 1 aromatic heterocycles. The van der Waals surface area contributed by atoms with Crippen molar-refractivity contribution < 1.29 is 4.79 Å². The number of benzene rings is 1. The van der Waals surface area contributed by atoms with Crippen molar-refractivity contribution in [1.29, 1.82) is 0 Å². The Morgan fingerprint density at radius 3 is 2.61 bits per heavy atom. The van der Waals surface area contributed by atoms with Crippen molar-refractivity contribution in [2.75, 3.05) is 23.3 Å². The number of carbonyl (C=O) groups is 1. The summed E-state index contributed by atoms with van der Waals surface area (Å²) in [6.45, 7) is 4.29.